The smallest absolute Gasteiger partial charge is 0.311 e. The lowest BCUT2D eigenvalue weighted by molar-refractivity contribution is -0.152. The number of carbonyl (C=O) groups is 2. The standard InChI is InChI=1S/C18H18FNO3/c1-12-3-9-16(10-4-12)20-18(22)13(2)23-17(21)11-14-5-7-15(19)8-6-14/h3-10,13H,11H2,1-2H3,(H,20,22)/t13-/m1/s1. The van der Waals surface area contributed by atoms with Crippen molar-refractivity contribution in [2.75, 3.05) is 5.32 Å². The van der Waals surface area contributed by atoms with E-state index in [1.54, 1.807) is 12.1 Å². The fourth-order valence-electron chi connectivity index (χ4n) is 1.94. The minimum atomic E-state index is -0.913. The Hall–Kier alpha value is -2.69. The summed E-state index contributed by atoms with van der Waals surface area (Å²) in [5.74, 6) is -1.31. The predicted octanol–water partition coefficient (Wildman–Crippen LogP) is 3.25. The summed E-state index contributed by atoms with van der Waals surface area (Å²) in [6.45, 7) is 3.46. The second-order valence-corrected chi connectivity index (χ2v) is 5.29. The van der Waals surface area contributed by atoms with E-state index >= 15 is 0 Å². The number of carbonyl (C=O) groups excluding carboxylic acids is 2. The molecule has 120 valence electrons. The van der Waals surface area contributed by atoms with Crippen molar-refractivity contribution in [3.63, 3.8) is 0 Å². The molecule has 0 heterocycles. The van der Waals surface area contributed by atoms with Gasteiger partial charge in [-0.25, -0.2) is 4.39 Å². The first kappa shape index (κ1) is 16.7. The molecule has 0 radical (unpaired) electrons. The molecular weight excluding hydrogens is 297 g/mol. The molecule has 0 spiro atoms. The number of amides is 1. The fraction of sp³-hybridized carbons (Fsp3) is 0.222. The molecule has 0 bridgehead atoms. The highest BCUT2D eigenvalue weighted by molar-refractivity contribution is 5.95. The molecule has 1 atom stereocenters. The average molecular weight is 315 g/mol. The number of halogens is 1. The zero-order valence-corrected chi connectivity index (χ0v) is 13.0. The summed E-state index contributed by atoms with van der Waals surface area (Å²) in [5.41, 5.74) is 2.35. The highest BCUT2D eigenvalue weighted by atomic mass is 19.1. The summed E-state index contributed by atoms with van der Waals surface area (Å²) < 4.78 is 17.9. The van der Waals surface area contributed by atoms with Crippen molar-refractivity contribution in [2.24, 2.45) is 0 Å². The molecule has 0 unspecified atom stereocenters. The first-order valence-electron chi connectivity index (χ1n) is 7.25. The van der Waals surface area contributed by atoms with Crippen molar-refractivity contribution in [3.05, 3.63) is 65.5 Å². The van der Waals surface area contributed by atoms with Gasteiger partial charge in [0.2, 0.25) is 0 Å². The lowest BCUT2D eigenvalue weighted by atomic mass is 10.1. The topological polar surface area (TPSA) is 55.4 Å². The van der Waals surface area contributed by atoms with E-state index in [0.717, 1.165) is 5.56 Å². The van der Waals surface area contributed by atoms with Crippen LogP contribution in [0.3, 0.4) is 0 Å². The Bertz CT molecular complexity index is 680. The second-order valence-electron chi connectivity index (χ2n) is 5.29. The van der Waals surface area contributed by atoms with Gasteiger partial charge in [-0.15, -0.1) is 0 Å². The van der Waals surface area contributed by atoms with E-state index in [9.17, 15) is 14.0 Å². The first-order valence-corrected chi connectivity index (χ1v) is 7.25. The van der Waals surface area contributed by atoms with E-state index in [4.69, 9.17) is 4.74 Å². The molecule has 2 rings (SSSR count). The Balaban J connectivity index is 1.86. The average Bonchev–Trinajstić information content (AvgIpc) is 2.51. The number of benzene rings is 2. The minimum absolute atomic E-state index is 0.0115. The van der Waals surface area contributed by atoms with Gasteiger partial charge < -0.3 is 10.1 Å². The van der Waals surface area contributed by atoms with Crippen LogP contribution in [-0.2, 0) is 20.7 Å². The van der Waals surface area contributed by atoms with Gasteiger partial charge >= 0.3 is 5.97 Å². The normalized spacial score (nSPS) is 11.6. The number of ether oxygens (including phenoxy) is 1. The molecule has 0 saturated heterocycles. The Morgan fingerprint density at radius 3 is 2.30 bits per heavy atom. The van der Waals surface area contributed by atoms with Gasteiger partial charge in [0.15, 0.2) is 6.10 Å². The number of anilines is 1. The Morgan fingerprint density at radius 1 is 1.09 bits per heavy atom. The molecule has 0 aliphatic carbocycles. The summed E-state index contributed by atoms with van der Waals surface area (Å²) in [5, 5.41) is 2.68. The Morgan fingerprint density at radius 2 is 1.70 bits per heavy atom. The lowest BCUT2D eigenvalue weighted by Gasteiger charge is -2.13. The van der Waals surface area contributed by atoms with E-state index in [1.165, 1.54) is 31.2 Å². The van der Waals surface area contributed by atoms with Gasteiger partial charge in [0.05, 0.1) is 6.42 Å². The minimum Gasteiger partial charge on any atom is -0.452 e. The molecular formula is C18H18FNO3. The number of nitrogens with one attached hydrogen (secondary N) is 1. The number of aryl methyl sites for hydroxylation is 1. The van der Waals surface area contributed by atoms with Crippen molar-refractivity contribution in [3.8, 4) is 0 Å². The molecule has 23 heavy (non-hydrogen) atoms. The maximum atomic E-state index is 12.8. The third kappa shape index (κ3) is 5.21. The van der Waals surface area contributed by atoms with Crippen molar-refractivity contribution in [1.82, 2.24) is 0 Å². The number of hydrogen-bond donors (Lipinski definition) is 1. The van der Waals surface area contributed by atoms with Crippen LogP contribution in [-0.4, -0.2) is 18.0 Å². The number of rotatable bonds is 5. The largest absolute Gasteiger partial charge is 0.452 e. The molecule has 0 aromatic heterocycles. The zero-order chi connectivity index (χ0) is 16.8. The van der Waals surface area contributed by atoms with Crippen molar-refractivity contribution < 1.29 is 18.7 Å². The van der Waals surface area contributed by atoms with Crippen LogP contribution in [0.1, 0.15) is 18.1 Å². The summed E-state index contributed by atoms with van der Waals surface area (Å²) in [6, 6.07) is 12.9. The molecule has 5 heteroatoms. The van der Waals surface area contributed by atoms with Crippen LogP contribution in [0.15, 0.2) is 48.5 Å². The van der Waals surface area contributed by atoms with Crippen molar-refractivity contribution >= 4 is 17.6 Å². The molecule has 0 aliphatic heterocycles. The third-order valence-corrected chi connectivity index (χ3v) is 3.26. The second kappa shape index (κ2) is 7.54. The van der Waals surface area contributed by atoms with Gasteiger partial charge in [-0.05, 0) is 43.7 Å². The van der Waals surface area contributed by atoms with E-state index in [1.807, 2.05) is 19.1 Å². The Labute approximate surface area is 134 Å². The quantitative estimate of drug-likeness (QED) is 0.862. The number of esters is 1. The van der Waals surface area contributed by atoms with Gasteiger partial charge in [0.1, 0.15) is 5.82 Å². The van der Waals surface area contributed by atoms with Gasteiger partial charge in [-0.3, -0.25) is 9.59 Å². The molecule has 1 amide bonds. The maximum Gasteiger partial charge on any atom is 0.311 e. The molecule has 1 N–H and O–H groups in total. The maximum absolute atomic E-state index is 12.8. The summed E-state index contributed by atoms with van der Waals surface area (Å²) >= 11 is 0. The van der Waals surface area contributed by atoms with Gasteiger partial charge in [0.25, 0.3) is 5.91 Å². The van der Waals surface area contributed by atoms with E-state index in [2.05, 4.69) is 5.32 Å². The first-order chi connectivity index (χ1) is 10.9. The van der Waals surface area contributed by atoms with Gasteiger partial charge in [-0.2, -0.15) is 0 Å². The highest BCUT2D eigenvalue weighted by Crippen LogP contribution is 2.10. The van der Waals surface area contributed by atoms with Crippen LogP contribution < -0.4 is 5.32 Å². The third-order valence-electron chi connectivity index (χ3n) is 3.26. The van der Waals surface area contributed by atoms with E-state index < -0.39 is 18.0 Å². The molecule has 0 fully saturated rings. The van der Waals surface area contributed by atoms with E-state index in [-0.39, 0.29) is 12.2 Å². The summed E-state index contributed by atoms with van der Waals surface area (Å²) in [7, 11) is 0. The van der Waals surface area contributed by atoms with Gasteiger partial charge in [0, 0.05) is 5.69 Å². The van der Waals surface area contributed by atoms with Crippen LogP contribution >= 0.6 is 0 Å². The molecule has 4 nitrogen and oxygen atoms in total. The SMILES string of the molecule is Cc1ccc(NC(=O)[C@@H](C)OC(=O)Cc2ccc(F)cc2)cc1. The van der Waals surface area contributed by atoms with Crippen LogP contribution in [0.4, 0.5) is 10.1 Å². The summed E-state index contributed by atoms with van der Waals surface area (Å²) in [6.07, 6.45) is -0.924. The van der Waals surface area contributed by atoms with Crippen molar-refractivity contribution in [2.45, 2.75) is 26.4 Å². The predicted molar refractivity (Wildman–Crippen MR) is 85.5 cm³/mol. The van der Waals surface area contributed by atoms with E-state index in [0.29, 0.717) is 11.3 Å². The van der Waals surface area contributed by atoms with Crippen LogP contribution in [0.5, 0.6) is 0 Å². The van der Waals surface area contributed by atoms with Crippen LogP contribution in [0.2, 0.25) is 0 Å². The number of hydrogen-bond acceptors (Lipinski definition) is 3. The lowest BCUT2D eigenvalue weighted by Crippen LogP contribution is -2.30. The zero-order valence-electron chi connectivity index (χ0n) is 13.0. The molecule has 2 aromatic rings. The summed E-state index contributed by atoms with van der Waals surface area (Å²) in [4.78, 5) is 23.8. The molecule has 0 saturated carbocycles. The molecule has 0 aliphatic rings. The Kier molecular flexibility index (Phi) is 5.46. The molecule has 2 aromatic carbocycles. The highest BCUT2D eigenvalue weighted by Gasteiger charge is 2.18. The van der Waals surface area contributed by atoms with Crippen molar-refractivity contribution in [1.29, 1.82) is 0 Å². The van der Waals surface area contributed by atoms with Crippen LogP contribution in [0.25, 0.3) is 0 Å². The van der Waals surface area contributed by atoms with Crippen LogP contribution in [0, 0.1) is 12.7 Å². The monoisotopic (exact) mass is 315 g/mol. The fourth-order valence-corrected chi connectivity index (χ4v) is 1.94. The van der Waals surface area contributed by atoms with Gasteiger partial charge in [-0.1, -0.05) is 29.8 Å².